The van der Waals surface area contributed by atoms with Crippen LogP contribution in [0.15, 0.2) is 0 Å². The van der Waals surface area contributed by atoms with Crippen molar-refractivity contribution in [2.45, 2.75) is 72.3 Å². The van der Waals surface area contributed by atoms with Crippen LogP contribution >= 0.6 is 0 Å². The van der Waals surface area contributed by atoms with Crippen LogP contribution < -0.4 is 5.32 Å². The van der Waals surface area contributed by atoms with Crippen LogP contribution in [-0.4, -0.2) is 37.1 Å². The second-order valence-corrected chi connectivity index (χ2v) is 8.03. The topological polar surface area (TPSA) is 15.3 Å². The predicted molar refractivity (Wildman–Crippen MR) is 88.0 cm³/mol. The molecule has 20 heavy (non-hydrogen) atoms. The van der Waals surface area contributed by atoms with Crippen molar-refractivity contribution in [3.63, 3.8) is 0 Å². The molecule has 0 bridgehead atoms. The fourth-order valence-corrected chi connectivity index (χ4v) is 4.10. The Morgan fingerprint density at radius 3 is 2.50 bits per heavy atom. The summed E-state index contributed by atoms with van der Waals surface area (Å²) in [5, 5.41) is 3.66. The van der Waals surface area contributed by atoms with Gasteiger partial charge >= 0.3 is 0 Å². The van der Waals surface area contributed by atoms with Crippen molar-refractivity contribution < 1.29 is 0 Å². The molecule has 1 aliphatic heterocycles. The average Bonchev–Trinajstić information content (AvgIpc) is 2.45. The minimum absolute atomic E-state index is 0.436. The highest BCUT2D eigenvalue weighted by atomic mass is 15.1. The fourth-order valence-electron chi connectivity index (χ4n) is 4.10. The number of rotatable bonds is 6. The van der Waals surface area contributed by atoms with Gasteiger partial charge in [0, 0.05) is 25.7 Å². The summed E-state index contributed by atoms with van der Waals surface area (Å²) in [6, 6.07) is 0.602. The summed E-state index contributed by atoms with van der Waals surface area (Å²) >= 11 is 0. The van der Waals surface area contributed by atoms with Crippen molar-refractivity contribution >= 4 is 0 Å². The van der Waals surface area contributed by atoms with E-state index in [1.54, 1.807) is 0 Å². The molecule has 1 heterocycles. The van der Waals surface area contributed by atoms with Gasteiger partial charge in [0.05, 0.1) is 0 Å². The van der Waals surface area contributed by atoms with Crippen molar-refractivity contribution in [1.29, 1.82) is 0 Å². The maximum absolute atomic E-state index is 3.66. The van der Waals surface area contributed by atoms with Crippen LogP contribution in [0.3, 0.4) is 0 Å². The quantitative estimate of drug-likeness (QED) is 0.793. The summed E-state index contributed by atoms with van der Waals surface area (Å²) < 4.78 is 0. The van der Waals surface area contributed by atoms with Crippen LogP contribution in [0.1, 0.15) is 66.2 Å². The molecule has 0 spiro atoms. The lowest BCUT2D eigenvalue weighted by Crippen LogP contribution is -2.48. The summed E-state index contributed by atoms with van der Waals surface area (Å²) in [5.74, 6) is 2.07. The Bertz CT molecular complexity index is 289. The first kappa shape index (κ1) is 16.3. The maximum atomic E-state index is 3.66. The van der Waals surface area contributed by atoms with Gasteiger partial charge in [0.25, 0.3) is 0 Å². The zero-order chi connectivity index (χ0) is 14.6. The molecular formula is C18H36N2. The van der Waals surface area contributed by atoms with Crippen LogP contribution in [0.25, 0.3) is 0 Å². The van der Waals surface area contributed by atoms with E-state index in [9.17, 15) is 0 Å². The van der Waals surface area contributed by atoms with E-state index in [-0.39, 0.29) is 0 Å². The fraction of sp³-hybridized carbons (Fsp3) is 1.00. The van der Waals surface area contributed by atoms with E-state index < -0.39 is 0 Å². The van der Waals surface area contributed by atoms with Gasteiger partial charge in [-0.25, -0.2) is 0 Å². The molecule has 2 nitrogen and oxygen atoms in total. The van der Waals surface area contributed by atoms with E-state index in [4.69, 9.17) is 0 Å². The Balaban J connectivity index is 1.84. The van der Waals surface area contributed by atoms with Crippen LogP contribution in [0.5, 0.6) is 0 Å². The number of hydrogen-bond acceptors (Lipinski definition) is 2. The molecule has 2 rings (SSSR count). The second-order valence-electron chi connectivity index (χ2n) is 8.03. The minimum atomic E-state index is 0.436. The third-order valence-corrected chi connectivity index (χ3v) is 5.77. The van der Waals surface area contributed by atoms with E-state index in [0.29, 0.717) is 11.5 Å². The summed E-state index contributed by atoms with van der Waals surface area (Å²) in [6.07, 6.45) is 8.72. The molecule has 3 unspecified atom stereocenters. The molecule has 2 heteroatoms. The highest BCUT2D eigenvalue weighted by Crippen LogP contribution is 2.37. The van der Waals surface area contributed by atoms with Gasteiger partial charge in [0.1, 0.15) is 0 Å². The van der Waals surface area contributed by atoms with Gasteiger partial charge in [-0.1, -0.05) is 47.0 Å². The lowest BCUT2D eigenvalue weighted by Gasteiger charge is -2.44. The van der Waals surface area contributed by atoms with Crippen molar-refractivity contribution in [3.8, 4) is 0 Å². The van der Waals surface area contributed by atoms with Gasteiger partial charge in [-0.2, -0.15) is 0 Å². The van der Waals surface area contributed by atoms with Crippen molar-refractivity contribution in [2.24, 2.45) is 17.3 Å². The smallest absolute Gasteiger partial charge is 0.00475 e. The summed E-state index contributed by atoms with van der Waals surface area (Å²) in [7, 11) is 0. The Hall–Kier alpha value is -0.0800. The zero-order valence-corrected chi connectivity index (χ0v) is 14.3. The van der Waals surface area contributed by atoms with Gasteiger partial charge in [-0.05, 0) is 43.1 Å². The molecule has 1 N–H and O–H groups in total. The molecule has 0 radical (unpaired) electrons. The van der Waals surface area contributed by atoms with E-state index in [0.717, 1.165) is 18.4 Å². The first-order valence-electron chi connectivity index (χ1n) is 8.98. The van der Waals surface area contributed by atoms with Gasteiger partial charge in [0.2, 0.25) is 0 Å². The Morgan fingerprint density at radius 2 is 1.85 bits per heavy atom. The number of fused-ring (bicyclic) bond motifs is 1. The number of nitrogens with zero attached hydrogens (tertiary/aromatic N) is 1. The molecule has 0 aromatic rings. The van der Waals surface area contributed by atoms with Crippen molar-refractivity contribution in [1.82, 2.24) is 10.2 Å². The third kappa shape index (κ3) is 4.46. The standard InChI is InChI=1S/C18H36N2/c1-5-18(4,13-19-15(2)3)14-20-11-10-16-8-6-7-9-17(16)12-20/h15-17,19H,5-14H2,1-4H3. The molecule has 0 aromatic heterocycles. The summed E-state index contributed by atoms with van der Waals surface area (Å²) in [5.41, 5.74) is 0.436. The average molecular weight is 280 g/mol. The first-order valence-corrected chi connectivity index (χ1v) is 8.98. The number of likely N-dealkylation sites (tertiary alicyclic amines) is 1. The van der Waals surface area contributed by atoms with E-state index in [1.807, 2.05) is 0 Å². The maximum Gasteiger partial charge on any atom is 0.00475 e. The Labute approximate surface area is 126 Å². The van der Waals surface area contributed by atoms with Gasteiger partial charge in [0.15, 0.2) is 0 Å². The van der Waals surface area contributed by atoms with Crippen LogP contribution in [-0.2, 0) is 0 Å². The highest BCUT2D eigenvalue weighted by molar-refractivity contribution is 4.87. The normalized spacial score (nSPS) is 31.1. The van der Waals surface area contributed by atoms with Crippen LogP contribution in [0.2, 0.25) is 0 Å². The van der Waals surface area contributed by atoms with Gasteiger partial charge < -0.3 is 10.2 Å². The minimum Gasteiger partial charge on any atom is -0.314 e. The Morgan fingerprint density at radius 1 is 1.15 bits per heavy atom. The molecule has 1 saturated heterocycles. The lowest BCUT2D eigenvalue weighted by atomic mass is 9.74. The molecule has 3 atom stereocenters. The monoisotopic (exact) mass is 280 g/mol. The van der Waals surface area contributed by atoms with Gasteiger partial charge in [-0.15, -0.1) is 0 Å². The molecule has 1 saturated carbocycles. The molecule has 2 fully saturated rings. The van der Waals surface area contributed by atoms with Crippen LogP contribution in [0, 0.1) is 17.3 Å². The van der Waals surface area contributed by atoms with Crippen LogP contribution in [0.4, 0.5) is 0 Å². The largest absolute Gasteiger partial charge is 0.314 e. The molecule has 0 amide bonds. The predicted octanol–water partition coefficient (Wildman–Crippen LogP) is 3.91. The molecular weight excluding hydrogens is 244 g/mol. The van der Waals surface area contributed by atoms with E-state index >= 15 is 0 Å². The van der Waals surface area contributed by atoms with E-state index in [2.05, 4.69) is 37.9 Å². The number of piperidine rings is 1. The molecule has 2 aliphatic rings. The third-order valence-electron chi connectivity index (χ3n) is 5.77. The number of nitrogens with one attached hydrogen (secondary N) is 1. The Kier molecular flexibility index (Phi) is 5.92. The second kappa shape index (κ2) is 7.26. The number of hydrogen-bond donors (Lipinski definition) is 1. The van der Waals surface area contributed by atoms with E-state index in [1.165, 1.54) is 58.2 Å². The SMILES string of the molecule is CCC(C)(CNC(C)C)CN1CCC2CCCCC2C1. The first-order chi connectivity index (χ1) is 9.52. The van der Waals surface area contributed by atoms with Crippen molar-refractivity contribution in [3.05, 3.63) is 0 Å². The van der Waals surface area contributed by atoms with Crippen molar-refractivity contribution in [2.75, 3.05) is 26.2 Å². The lowest BCUT2D eigenvalue weighted by molar-refractivity contribution is 0.0540. The molecule has 1 aliphatic carbocycles. The molecule has 0 aromatic carbocycles. The zero-order valence-electron chi connectivity index (χ0n) is 14.3. The van der Waals surface area contributed by atoms with Gasteiger partial charge in [-0.3, -0.25) is 0 Å². The highest BCUT2D eigenvalue weighted by Gasteiger charge is 2.34. The summed E-state index contributed by atoms with van der Waals surface area (Å²) in [4.78, 5) is 2.78. The molecule has 118 valence electrons. The summed E-state index contributed by atoms with van der Waals surface area (Å²) in [6.45, 7) is 14.5.